The fourth-order valence-corrected chi connectivity index (χ4v) is 0.622. The Kier molecular flexibility index (Phi) is 5.41. The summed E-state index contributed by atoms with van der Waals surface area (Å²) in [5.41, 5.74) is 5.59. The summed E-state index contributed by atoms with van der Waals surface area (Å²) in [5, 5.41) is 8.28. The molecule has 2 nitrogen and oxygen atoms in total. The smallest absolute Gasteiger partial charge is 0.142 e. The summed E-state index contributed by atoms with van der Waals surface area (Å²) in [6, 6.07) is 5.66. The maximum absolute atomic E-state index is 12.5. The summed E-state index contributed by atoms with van der Waals surface area (Å²) in [6.07, 6.45) is 0. The first kappa shape index (κ1) is 12.9. The van der Waals surface area contributed by atoms with Crippen molar-refractivity contribution in [1.82, 2.24) is 0 Å². The van der Waals surface area contributed by atoms with Gasteiger partial charge in [-0.1, -0.05) is 0 Å². The van der Waals surface area contributed by atoms with Gasteiger partial charge < -0.3 is 5.73 Å². The van der Waals surface area contributed by atoms with Gasteiger partial charge in [0.2, 0.25) is 0 Å². The third kappa shape index (κ3) is 2.50. The van der Waals surface area contributed by atoms with E-state index >= 15 is 0 Å². The lowest BCUT2D eigenvalue weighted by Gasteiger charge is -1.93. The first-order chi connectivity index (χ1) is 4.74. The van der Waals surface area contributed by atoms with Crippen molar-refractivity contribution in [2.75, 3.05) is 5.73 Å². The number of hydrogen-bond acceptors (Lipinski definition) is 2. The minimum Gasteiger partial charge on any atom is -0.399 e. The predicted molar refractivity (Wildman–Crippen MR) is 40.5 cm³/mol. The summed E-state index contributed by atoms with van der Waals surface area (Å²) in [5.74, 6) is -0.567. The zero-order valence-corrected chi connectivity index (χ0v) is 5.95. The normalized spacial score (nSPS) is 7.33. The molecule has 0 bridgehead atoms. The monoisotopic (exact) mass is 176 g/mol. The highest BCUT2D eigenvalue weighted by Crippen LogP contribution is 2.09. The van der Waals surface area contributed by atoms with Crippen LogP contribution in [0.15, 0.2) is 18.2 Å². The van der Waals surface area contributed by atoms with E-state index in [4.69, 9.17) is 11.0 Å². The van der Waals surface area contributed by atoms with Crippen molar-refractivity contribution in [3.8, 4) is 6.07 Å². The van der Waals surface area contributed by atoms with E-state index in [1.165, 1.54) is 12.1 Å². The molecule has 1 rings (SSSR count). The Balaban J connectivity index is 0. The molecule has 0 saturated carbocycles. The number of benzene rings is 1. The van der Waals surface area contributed by atoms with Gasteiger partial charge in [0.25, 0.3) is 0 Å². The van der Waals surface area contributed by atoms with Crippen molar-refractivity contribution in [3.05, 3.63) is 29.6 Å². The van der Waals surface area contributed by atoms with Crippen LogP contribution in [0.4, 0.5) is 19.5 Å². The van der Waals surface area contributed by atoms with E-state index < -0.39 is 5.82 Å². The van der Waals surface area contributed by atoms with Gasteiger partial charge in [-0.15, -0.1) is 0 Å². The molecule has 0 aliphatic carbocycles. The molecule has 0 radical (unpaired) electrons. The van der Waals surface area contributed by atoms with Gasteiger partial charge in [0.15, 0.2) is 0 Å². The SMILES string of the molecule is F.F.N#Cc1ccc(N)cc1F. The molecule has 0 aromatic heterocycles. The van der Waals surface area contributed by atoms with Crippen LogP contribution in [0.2, 0.25) is 0 Å². The summed E-state index contributed by atoms with van der Waals surface area (Å²) < 4.78 is 12.5. The molecule has 0 aliphatic rings. The van der Waals surface area contributed by atoms with Crippen molar-refractivity contribution < 1.29 is 13.8 Å². The summed E-state index contributed by atoms with van der Waals surface area (Å²) in [4.78, 5) is 0. The van der Waals surface area contributed by atoms with Crippen LogP contribution in [0.1, 0.15) is 5.56 Å². The molecule has 66 valence electrons. The third-order valence-electron chi connectivity index (χ3n) is 1.11. The Labute approximate surface area is 67.2 Å². The molecule has 12 heavy (non-hydrogen) atoms. The minimum atomic E-state index is -0.567. The van der Waals surface area contributed by atoms with E-state index in [0.717, 1.165) is 6.07 Å². The lowest BCUT2D eigenvalue weighted by atomic mass is 10.2. The van der Waals surface area contributed by atoms with E-state index in [2.05, 4.69) is 0 Å². The molecular formula is C7H7F3N2. The first-order valence-electron chi connectivity index (χ1n) is 2.69. The average Bonchev–Trinajstić information content (AvgIpc) is 1.88. The zero-order chi connectivity index (χ0) is 7.56. The van der Waals surface area contributed by atoms with E-state index in [0.29, 0.717) is 5.69 Å². The van der Waals surface area contributed by atoms with E-state index in [9.17, 15) is 4.39 Å². The second-order valence-electron chi connectivity index (χ2n) is 1.85. The van der Waals surface area contributed by atoms with Crippen molar-refractivity contribution in [2.24, 2.45) is 0 Å². The Bertz CT molecular complexity index is 293. The number of nitrogens with two attached hydrogens (primary N) is 1. The van der Waals surface area contributed by atoms with Gasteiger partial charge in [-0.3, -0.25) is 9.41 Å². The van der Waals surface area contributed by atoms with E-state index in [1.54, 1.807) is 6.07 Å². The van der Waals surface area contributed by atoms with E-state index in [-0.39, 0.29) is 15.0 Å². The third-order valence-corrected chi connectivity index (χ3v) is 1.11. The molecule has 5 heteroatoms. The standard InChI is InChI=1S/C7H5FN2.2FH/c8-7-3-6(10)2-1-5(7)4-9;;/h1-3H,10H2;2*1H. The Morgan fingerprint density at radius 3 is 2.33 bits per heavy atom. The summed E-state index contributed by atoms with van der Waals surface area (Å²) >= 11 is 0. The minimum absolute atomic E-state index is 0. The number of nitrogen functional groups attached to an aromatic ring is 1. The van der Waals surface area contributed by atoms with Gasteiger partial charge in [0.05, 0.1) is 5.56 Å². The van der Waals surface area contributed by atoms with Crippen LogP contribution in [0.5, 0.6) is 0 Å². The molecule has 0 fully saturated rings. The number of nitriles is 1. The molecule has 0 heterocycles. The second-order valence-corrected chi connectivity index (χ2v) is 1.85. The number of hydrogen-bond donors (Lipinski definition) is 1. The highest BCUT2D eigenvalue weighted by atomic mass is 19.1. The number of anilines is 1. The van der Waals surface area contributed by atoms with Gasteiger partial charge in [-0.25, -0.2) is 4.39 Å². The fourth-order valence-electron chi connectivity index (χ4n) is 0.622. The van der Waals surface area contributed by atoms with Crippen molar-refractivity contribution >= 4 is 5.69 Å². The molecule has 0 saturated heterocycles. The lowest BCUT2D eigenvalue weighted by molar-refractivity contribution is 0.624. The number of nitrogens with zero attached hydrogens (tertiary/aromatic N) is 1. The molecule has 0 unspecified atom stereocenters. The lowest BCUT2D eigenvalue weighted by Crippen LogP contribution is -1.88. The fraction of sp³-hybridized carbons (Fsp3) is 0. The molecule has 1 aromatic carbocycles. The maximum Gasteiger partial charge on any atom is 0.142 e. The van der Waals surface area contributed by atoms with Gasteiger partial charge in [-0.2, -0.15) is 5.26 Å². The van der Waals surface area contributed by atoms with Gasteiger partial charge in [0.1, 0.15) is 11.9 Å². The van der Waals surface area contributed by atoms with Crippen LogP contribution in [-0.4, -0.2) is 0 Å². The number of rotatable bonds is 0. The van der Waals surface area contributed by atoms with Crippen LogP contribution < -0.4 is 5.73 Å². The summed E-state index contributed by atoms with van der Waals surface area (Å²) in [6.45, 7) is 0. The molecule has 0 spiro atoms. The van der Waals surface area contributed by atoms with Crippen molar-refractivity contribution in [2.45, 2.75) is 0 Å². The highest BCUT2D eigenvalue weighted by Gasteiger charge is 1.98. The zero-order valence-electron chi connectivity index (χ0n) is 5.95. The molecule has 1 aromatic rings. The number of halogens is 3. The van der Waals surface area contributed by atoms with Crippen molar-refractivity contribution in [1.29, 1.82) is 5.26 Å². The van der Waals surface area contributed by atoms with Gasteiger partial charge >= 0.3 is 0 Å². The van der Waals surface area contributed by atoms with Gasteiger partial charge in [-0.05, 0) is 18.2 Å². The Morgan fingerprint density at radius 2 is 1.92 bits per heavy atom. The molecule has 0 amide bonds. The molecular weight excluding hydrogens is 169 g/mol. The maximum atomic E-state index is 12.5. The molecule has 2 N–H and O–H groups in total. The molecule has 0 aliphatic heterocycles. The van der Waals surface area contributed by atoms with Crippen LogP contribution in [0.25, 0.3) is 0 Å². The van der Waals surface area contributed by atoms with Crippen LogP contribution >= 0.6 is 0 Å². The first-order valence-corrected chi connectivity index (χ1v) is 2.69. The largest absolute Gasteiger partial charge is 0.399 e. The quantitative estimate of drug-likeness (QED) is 0.610. The van der Waals surface area contributed by atoms with Crippen LogP contribution in [0, 0.1) is 17.1 Å². The Morgan fingerprint density at radius 1 is 1.33 bits per heavy atom. The molecule has 0 atom stereocenters. The van der Waals surface area contributed by atoms with E-state index in [1.807, 2.05) is 0 Å². The van der Waals surface area contributed by atoms with Crippen LogP contribution in [0.3, 0.4) is 0 Å². The summed E-state index contributed by atoms with van der Waals surface area (Å²) in [7, 11) is 0. The Hall–Kier alpha value is -1.70. The average molecular weight is 176 g/mol. The van der Waals surface area contributed by atoms with Crippen molar-refractivity contribution in [3.63, 3.8) is 0 Å². The second kappa shape index (κ2) is 5.02. The topological polar surface area (TPSA) is 49.8 Å². The predicted octanol–water partition coefficient (Wildman–Crippen LogP) is 1.58. The van der Waals surface area contributed by atoms with Crippen LogP contribution in [-0.2, 0) is 0 Å². The highest BCUT2D eigenvalue weighted by molar-refractivity contribution is 5.44. The van der Waals surface area contributed by atoms with Gasteiger partial charge in [0, 0.05) is 5.69 Å².